The van der Waals surface area contributed by atoms with Crippen molar-refractivity contribution in [1.82, 2.24) is 4.98 Å². The van der Waals surface area contributed by atoms with Crippen LogP contribution in [-0.4, -0.2) is 16.9 Å². The maximum absolute atomic E-state index is 12.2. The third kappa shape index (κ3) is 4.89. The van der Waals surface area contributed by atoms with Gasteiger partial charge in [0.2, 0.25) is 5.91 Å². The zero-order valence-corrected chi connectivity index (χ0v) is 13.6. The standard InChI is InChI=1S/C20H19N3O2/c21-19(20(24)23-16-9-11-22-12-10-16)14-15-5-4-8-18(13-15)25-17-6-2-1-3-7-17/h1-13,19H,14,21H2,(H,22,23,24). The molecule has 1 unspecified atom stereocenters. The van der Waals surface area contributed by atoms with Crippen LogP contribution >= 0.6 is 0 Å². The number of carbonyl (C=O) groups excluding carboxylic acids is 1. The molecule has 0 saturated carbocycles. The molecule has 5 nitrogen and oxygen atoms in total. The molecule has 0 saturated heterocycles. The fourth-order valence-electron chi connectivity index (χ4n) is 2.38. The van der Waals surface area contributed by atoms with Crippen LogP contribution in [0.1, 0.15) is 5.56 Å². The van der Waals surface area contributed by atoms with E-state index >= 15 is 0 Å². The minimum atomic E-state index is -0.653. The molecule has 1 amide bonds. The number of hydrogen-bond acceptors (Lipinski definition) is 4. The number of hydrogen-bond donors (Lipinski definition) is 2. The van der Waals surface area contributed by atoms with Crippen LogP contribution in [0.15, 0.2) is 79.1 Å². The molecule has 3 rings (SSSR count). The molecule has 0 fully saturated rings. The number of nitrogens with zero attached hydrogens (tertiary/aromatic N) is 1. The molecule has 0 radical (unpaired) electrons. The molecule has 0 spiro atoms. The lowest BCUT2D eigenvalue weighted by Crippen LogP contribution is -2.37. The lowest BCUT2D eigenvalue weighted by molar-refractivity contribution is -0.117. The number of nitrogens with one attached hydrogen (secondary N) is 1. The van der Waals surface area contributed by atoms with E-state index in [-0.39, 0.29) is 5.91 Å². The molecular weight excluding hydrogens is 314 g/mol. The van der Waals surface area contributed by atoms with Crippen LogP contribution in [0.2, 0.25) is 0 Å². The molecule has 1 heterocycles. The van der Waals surface area contributed by atoms with Gasteiger partial charge in [0.05, 0.1) is 6.04 Å². The zero-order valence-electron chi connectivity index (χ0n) is 13.6. The fraction of sp³-hybridized carbons (Fsp3) is 0.100. The number of amides is 1. The van der Waals surface area contributed by atoms with Crippen molar-refractivity contribution >= 4 is 11.6 Å². The van der Waals surface area contributed by atoms with Crippen LogP contribution in [-0.2, 0) is 11.2 Å². The Morgan fingerprint density at radius 1 is 1.00 bits per heavy atom. The second-order valence-corrected chi connectivity index (χ2v) is 5.60. The summed E-state index contributed by atoms with van der Waals surface area (Å²) in [6.45, 7) is 0. The first-order valence-corrected chi connectivity index (χ1v) is 7.99. The predicted molar refractivity (Wildman–Crippen MR) is 97.5 cm³/mol. The summed E-state index contributed by atoms with van der Waals surface area (Å²) in [6.07, 6.45) is 3.65. The molecule has 5 heteroatoms. The Labute approximate surface area is 146 Å². The molecule has 2 aromatic carbocycles. The lowest BCUT2D eigenvalue weighted by Gasteiger charge is -2.13. The highest BCUT2D eigenvalue weighted by Gasteiger charge is 2.14. The third-order valence-corrected chi connectivity index (χ3v) is 3.62. The number of pyridine rings is 1. The Bertz CT molecular complexity index is 823. The Kier molecular flexibility index (Phi) is 5.39. The van der Waals surface area contributed by atoms with Crippen LogP contribution < -0.4 is 15.8 Å². The van der Waals surface area contributed by atoms with Crippen LogP contribution in [0.5, 0.6) is 11.5 Å². The van der Waals surface area contributed by atoms with Crippen LogP contribution in [0, 0.1) is 0 Å². The van der Waals surface area contributed by atoms with Crippen molar-refractivity contribution in [2.45, 2.75) is 12.5 Å². The second-order valence-electron chi connectivity index (χ2n) is 5.60. The van der Waals surface area contributed by atoms with Gasteiger partial charge >= 0.3 is 0 Å². The number of rotatable bonds is 6. The first-order valence-electron chi connectivity index (χ1n) is 7.99. The highest BCUT2D eigenvalue weighted by molar-refractivity contribution is 5.94. The highest BCUT2D eigenvalue weighted by Crippen LogP contribution is 2.22. The number of anilines is 1. The molecule has 0 aliphatic carbocycles. The van der Waals surface area contributed by atoms with E-state index in [1.807, 2.05) is 54.6 Å². The Morgan fingerprint density at radius 3 is 2.48 bits per heavy atom. The molecule has 0 aliphatic rings. The molecule has 3 aromatic rings. The predicted octanol–water partition coefficient (Wildman–Crippen LogP) is 3.38. The monoisotopic (exact) mass is 333 g/mol. The van der Waals surface area contributed by atoms with Crippen molar-refractivity contribution in [1.29, 1.82) is 0 Å². The third-order valence-electron chi connectivity index (χ3n) is 3.62. The van der Waals surface area contributed by atoms with Crippen molar-refractivity contribution in [3.8, 4) is 11.5 Å². The van der Waals surface area contributed by atoms with Gasteiger partial charge in [0.1, 0.15) is 11.5 Å². The number of aromatic nitrogens is 1. The first kappa shape index (κ1) is 16.7. The van der Waals surface area contributed by atoms with Crippen molar-refractivity contribution in [3.63, 3.8) is 0 Å². The SMILES string of the molecule is NC(Cc1cccc(Oc2ccccc2)c1)C(=O)Nc1ccncc1. The number of para-hydroxylation sites is 1. The summed E-state index contributed by atoms with van der Waals surface area (Å²) in [5, 5.41) is 2.78. The molecule has 0 bridgehead atoms. The normalized spacial score (nSPS) is 11.6. The van der Waals surface area contributed by atoms with Crippen molar-refractivity contribution in [2.24, 2.45) is 5.73 Å². The second kappa shape index (κ2) is 8.08. The zero-order chi connectivity index (χ0) is 17.5. The van der Waals surface area contributed by atoms with E-state index < -0.39 is 6.04 Å². The smallest absolute Gasteiger partial charge is 0.241 e. The summed E-state index contributed by atoms with van der Waals surface area (Å²) < 4.78 is 5.81. The summed E-state index contributed by atoms with van der Waals surface area (Å²) in [4.78, 5) is 16.1. The molecule has 126 valence electrons. The Morgan fingerprint density at radius 2 is 1.72 bits per heavy atom. The van der Waals surface area contributed by atoms with E-state index in [1.54, 1.807) is 24.5 Å². The van der Waals surface area contributed by atoms with Crippen molar-refractivity contribution < 1.29 is 9.53 Å². The van der Waals surface area contributed by atoms with Crippen LogP contribution in [0.25, 0.3) is 0 Å². The van der Waals surface area contributed by atoms with Crippen molar-refractivity contribution in [2.75, 3.05) is 5.32 Å². The van der Waals surface area contributed by atoms with E-state index in [4.69, 9.17) is 10.5 Å². The first-order chi connectivity index (χ1) is 12.2. The highest BCUT2D eigenvalue weighted by atomic mass is 16.5. The summed E-state index contributed by atoms with van der Waals surface area (Å²) >= 11 is 0. The van der Waals surface area contributed by atoms with Crippen LogP contribution in [0.4, 0.5) is 5.69 Å². The van der Waals surface area contributed by atoms with Gasteiger partial charge in [0.25, 0.3) is 0 Å². The maximum atomic E-state index is 12.2. The van der Waals surface area contributed by atoms with Gasteiger partial charge in [0, 0.05) is 18.1 Å². The molecule has 0 aliphatic heterocycles. The molecule has 1 atom stereocenters. The average Bonchev–Trinajstić information content (AvgIpc) is 2.63. The number of benzene rings is 2. The van der Waals surface area contributed by atoms with Gasteiger partial charge in [-0.2, -0.15) is 0 Å². The van der Waals surface area contributed by atoms with E-state index in [1.165, 1.54) is 0 Å². The van der Waals surface area contributed by atoms with Gasteiger partial charge < -0.3 is 15.8 Å². The molecular formula is C20H19N3O2. The lowest BCUT2D eigenvalue weighted by atomic mass is 10.1. The number of carbonyl (C=O) groups is 1. The van der Waals surface area contributed by atoms with E-state index in [0.29, 0.717) is 17.9 Å². The van der Waals surface area contributed by atoms with Crippen LogP contribution in [0.3, 0.4) is 0 Å². The van der Waals surface area contributed by atoms with Gasteiger partial charge in [-0.3, -0.25) is 9.78 Å². The fourth-order valence-corrected chi connectivity index (χ4v) is 2.38. The Hall–Kier alpha value is -3.18. The van der Waals surface area contributed by atoms with E-state index in [2.05, 4.69) is 10.3 Å². The molecule has 25 heavy (non-hydrogen) atoms. The summed E-state index contributed by atoms with van der Waals surface area (Å²) in [7, 11) is 0. The molecule has 1 aromatic heterocycles. The topological polar surface area (TPSA) is 77.2 Å². The Balaban J connectivity index is 1.62. The largest absolute Gasteiger partial charge is 0.457 e. The quantitative estimate of drug-likeness (QED) is 0.725. The minimum absolute atomic E-state index is 0.236. The number of ether oxygens (including phenoxy) is 1. The molecule has 3 N–H and O–H groups in total. The van der Waals surface area contributed by atoms with E-state index in [9.17, 15) is 4.79 Å². The number of nitrogens with two attached hydrogens (primary N) is 1. The van der Waals surface area contributed by atoms with Gasteiger partial charge in [-0.15, -0.1) is 0 Å². The van der Waals surface area contributed by atoms with Gasteiger partial charge in [-0.05, 0) is 48.4 Å². The van der Waals surface area contributed by atoms with Gasteiger partial charge in [-0.25, -0.2) is 0 Å². The summed E-state index contributed by atoms with van der Waals surface area (Å²) in [5.74, 6) is 1.24. The summed E-state index contributed by atoms with van der Waals surface area (Å²) in [6, 6.07) is 19.9. The van der Waals surface area contributed by atoms with Gasteiger partial charge in [-0.1, -0.05) is 30.3 Å². The maximum Gasteiger partial charge on any atom is 0.241 e. The van der Waals surface area contributed by atoms with E-state index in [0.717, 1.165) is 11.3 Å². The minimum Gasteiger partial charge on any atom is -0.457 e. The summed E-state index contributed by atoms with van der Waals surface area (Å²) in [5.41, 5.74) is 7.64. The average molecular weight is 333 g/mol. The van der Waals surface area contributed by atoms with Crippen molar-refractivity contribution in [3.05, 3.63) is 84.7 Å². The van der Waals surface area contributed by atoms with Gasteiger partial charge in [0.15, 0.2) is 0 Å².